The first-order chi connectivity index (χ1) is 9.36. The van der Waals surface area contributed by atoms with Crippen LogP contribution in [0.1, 0.15) is 0 Å². The predicted octanol–water partition coefficient (Wildman–Crippen LogP) is -0.980. The molecule has 0 aliphatic heterocycles. The monoisotopic (exact) mass is 360 g/mol. The van der Waals surface area contributed by atoms with E-state index < -0.39 is 45.8 Å². The van der Waals surface area contributed by atoms with Crippen molar-refractivity contribution in [2.24, 2.45) is 0 Å². The first kappa shape index (κ1) is 17.5. The van der Waals surface area contributed by atoms with Gasteiger partial charge in [-0.3, -0.25) is 9.11 Å². The zero-order valence-electron chi connectivity index (χ0n) is 9.85. The Kier molecular flexibility index (Phi) is 4.74. The molecular weight excluding hydrogens is 352 g/mol. The summed E-state index contributed by atoms with van der Waals surface area (Å²) in [6, 6.07) is 5.91. The van der Waals surface area contributed by atoms with Crippen molar-refractivity contribution < 1.29 is 43.3 Å². The van der Waals surface area contributed by atoms with E-state index in [1.54, 1.807) is 0 Å². The lowest BCUT2D eigenvalue weighted by molar-refractivity contribution is -0.131. The van der Waals surface area contributed by atoms with E-state index in [-0.39, 0.29) is 0 Å². The van der Waals surface area contributed by atoms with Crippen LogP contribution in [-0.4, -0.2) is 44.9 Å². The molecule has 10 nitrogen and oxygen atoms in total. The molecule has 0 atom stereocenters. The first-order valence-electron chi connectivity index (χ1n) is 4.81. The molecule has 0 radical (unpaired) electrons. The number of rotatable bonds is 5. The summed E-state index contributed by atoms with van der Waals surface area (Å²) >= 11 is 0. The van der Waals surface area contributed by atoms with Gasteiger partial charge in [0, 0.05) is 0 Å². The van der Waals surface area contributed by atoms with Crippen LogP contribution in [0.15, 0.2) is 35.2 Å². The van der Waals surface area contributed by atoms with E-state index in [1.807, 2.05) is 0 Å². The van der Waals surface area contributed by atoms with E-state index in [4.69, 9.17) is 9.11 Å². The van der Waals surface area contributed by atoms with Crippen LogP contribution >= 0.6 is 0 Å². The zero-order valence-corrected chi connectivity index (χ0v) is 12.3. The van der Waals surface area contributed by atoms with Gasteiger partial charge in [0.05, 0.1) is 0 Å². The van der Waals surface area contributed by atoms with Gasteiger partial charge in [0.25, 0.3) is 20.2 Å². The van der Waals surface area contributed by atoms with E-state index in [0.717, 1.165) is 12.1 Å². The third-order valence-electron chi connectivity index (χ3n) is 1.96. The van der Waals surface area contributed by atoms with E-state index in [9.17, 15) is 30.0 Å². The largest absolute Gasteiger partial charge is 0.361 e. The molecule has 0 aromatic heterocycles. The minimum atomic E-state index is -5.65. The van der Waals surface area contributed by atoms with Crippen LogP contribution in [0.5, 0.6) is 0 Å². The standard InChI is InChI=1S/C8H8O10S3/c9-7(8(19(10,11)12)20(13,14)15)18-21(16,17)6-4-2-1-3-5-6/h1-5,8H,(H,10,11,12)(H,13,14,15). The molecule has 0 amide bonds. The summed E-state index contributed by atoms with van der Waals surface area (Å²) in [5, 5.41) is 0. The Labute approximate surface area is 120 Å². The van der Waals surface area contributed by atoms with Gasteiger partial charge < -0.3 is 4.18 Å². The molecule has 0 saturated carbocycles. The highest BCUT2D eigenvalue weighted by atomic mass is 32.3. The third-order valence-corrected chi connectivity index (χ3v) is 6.12. The maximum absolute atomic E-state index is 11.6. The third kappa shape index (κ3) is 4.47. The van der Waals surface area contributed by atoms with Crippen molar-refractivity contribution in [1.82, 2.24) is 0 Å². The molecule has 0 heterocycles. The van der Waals surface area contributed by atoms with Gasteiger partial charge in [0.2, 0.25) is 0 Å². The molecule has 21 heavy (non-hydrogen) atoms. The molecule has 0 aliphatic carbocycles. The second kappa shape index (κ2) is 5.69. The van der Waals surface area contributed by atoms with Gasteiger partial charge in [-0.1, -0.05) is 18.2 Å². The molecule has 0 saturated heterocycles. The molecule has 118 valence electrons. The maximum atomic E-state index is 11.6. The minimum absolute atomic E-state index is 0.567. The average molecular weight is 360 g/mol. The van der Waals surface area contributed by atoms with Gasteiger partial charge in [0.1, 0.15) is 4.90 Å². The van der Waals surface area contributed by atoms with Crippen LogP contribution in [0.3, 0.4) is 0 Å². The molecule has 13 heteroatoms. The molecule has 0 fully saturated rings. The Hall–Kier alpha value is -1.54. The molecule has 2 N–H and O–H groups in total. The normalized spacial score (nSPS) is 13.1. The number of hydrogen-bond donors (Lipinski definition) is 2. The van der Waals surface area contributed by atoms with Crippen LogP contribution in [0.4, 0.5) is 0 Å². The van der Waals surface area contributed by atoms with Gasteiger partial charge in [-0.05, 0) is 12.1 Å². The summed E-state index contributed by atoms with van der Waals surface area (Å²) in [7, 11) is -16.1. The van der Waals surface area contributed by atoms with Gasteiger partial charge in [-0.25, -0.2) is 4.79 Å². The van der Waals surface area contributed by atoms with E-state index in [1.165, 1.54) is 18.2 Å². The Morgan fingerprint density at radius 3 is 1.71 bits per heavy atom. The minimum Gasteiger partial charge on any atom is -0.339 e. The van der Waals surface area contributed by atoms with Crippen LogP contribution < -0.4 is 0 Å². The van der Waals surface area contributed by atoms with E-state index in [2.05, 4.69) is 4.18 Å². The summed E-state index contributed by atoms with van der Waals surface area (Å²) in [5.41, 5.74) is 0. The fourth-order valence-electron chi connectivity index (χ4n) is 1.18. The lowest BCUT2D eigenvalue weighted by Gasteiger charge is -2.10. The number of hydrogen-bond acceptors (Lipinski definition) is 8. The maximum Gasteiger partial charge on any atom is 0.361 e. The highest BCUT2D eigenvalue weighted by Gasteiger charge is 2.46. The summed E-state index contributed by atoms with van der Waals surface area (Å²) in [4.78, 5) is 10.8. The molecule has 1 aromatic carbocycles. The van der Waals surface area contributed by atoms with Crippen LogP contribution in [0.25, 0.3) is 0 Å². The summed E-state index contributed by atoms with van der Waals surface area (Å²) in [6.45, 7) is 0. The van der Waals surface area contributed by atoms with Crippen molar-refractivity contribution in [3.8, 4) is 0 Å². The summed E-state index contributed by atoms with van der Waals surface area (Å²) in [5.74, 6) is -2.39. The van der Waals surface area contributed by atoms with Crippen LogP contribution in [0, 0.1) is 0 Å². The van der Waals surface area contributed by atoms with Crippen molar-refractivity contribution in [1.29, 1.82) is 0 Å². The second-order valence-corrected chi connectivity index (χ2v) is 8.38. The van der Waals surface area contributed by atoms with Crippen molar-refractivity contribution in [2.45, 2.75) is 9.48 Å². The summed E-state index contributed by atoms with van der Waals surface area (Å²) in [6.07, 6.45) is 0. The topological polar surface area (TPSA) is 169 Å². The van der Waals surface area contributed by atoms with Gasteiger partial charge in [-0.15, -0.1) is 0 Å². The Bertz CT molecular complexity index is 803. The van der Waals surface area contributed by atoms with E-state index in [0.29, 0.717) is 0 Å². The van der Waals surface area contributed by atoms with Crippen molar-refractivity contribution in [2.75, 3.05) is 0 Å². The number of carbonyl (C=O) groups is 1. The van der Waals surface area contributed by atoms with E-state index >= 15 is 0 Å². The molecule has 0 bridgehead atoms. The molecular formula is C8H8O10S3. The molecule has 0 spiro atoms. The Balaban J connectivity index is 3.21. The molecule has 1 rings (SSSR count). The quantitative estimate of drug-likeness (QED) is 0.491. The van der Waals surface area contributed by atoms with Gasteiger partial charge in [0.15, 0.2) is 0 Å². The highest BCUT2D eigenvalue weighted by molar-refractivity contribution is 8.05. The zero-order chi connectivity index (χ0) is 16.5. The smallest absolute Gasteiger partial charge is 0.339 e. The van der Waals surface area contributed by atoms with Crippen molar-refractivity contribution in [3.63, 3.8) is 0 Å². The van der Waals surface area contributed by atoms with Gasteiger partial charge >= 0.3 is 20.7 Å². The van der Waals surface area contributed by atoms with Gasteiger partial charge in [-0.2, -0.15) is 25.3 Å². The lowest BCUT2D eigenvalue weighted by Crippen LogP contribution is -2.39. The number of carbonyl (C=O) groups excluding carboxylic acids is 1. The Morgan fingerprint density at radius 2 is 1.33 bits per heavy atom. The first-order valence-corrected chi connectivity index (χ1v) is 9.23. The fourth-order valence-corrected chi connectivity index (χ4v) is 4.01. The molecule has 1 aromatic rings. The van der Waals surface area contributed by atoms with Crippen LogP contribution in [0.2, 0.25) is 0 Å². The van der Waals surface area contributed by atoms with Crippen molar-refractivity contribution >= 4 is 36.3 Å². The second-order valence-electron chi connectivity index (χ2n) is 3.53. The number of benzene rings is 1. The summed E-state index contributed by atoms with van der Waals surface area (Å²) < 4.78 is 83.7. The average Bonchev–Trinajstić information content (AvgIpc) is 2.25. The Morgan fingerprint density at radius 1 is 0.905 bits per heavy atom. The molecule has 0 aliphatic rings. The SMILES string of the molecule is O=C(OS(=O)(=O)c1ccccc1)C(S(=O)(=O)O)S(=O)(=O)O. The predicted molar refractivity (Wildman–Crippen MR) is 66.6 cm³/mol. The van der Waals surface area contributed by atoms with Crippen LogP contribution in [-0.2, 0) is 39.3 Å². The highest BCUT2D eigenvalue weighted by Crippen LogP contribution is 2.16. The fraction of sp³-hybridized carbons (Fsp3) is 0.125. The molecule has 0 unspecified atom stereocenters. The lowest BCUT2D eigenvalue weighted by atomic mass is 10.4. The van der Waals surface area contributed by atoms with Crippen molar-refractivity contribution in [3.05, 3.63) is 30.3 Å².